The number of quaternary nitrogens is 1. The van der Waals surface area contributed by atoms with Crippen LogP contribution in [0.1, 0.15) is 136 Å². The number of hydrogen-bond donors (Lipinski definition) is 1. The molecular formula is C39H73NO7P+. The van der Waals surface area contributed by atoms with Crippen molar-refractivity contribution in [3.8, 4) is 0 Å². The number of carbonyl (C=O) groups is 1. The predicted molar refractivity (Wildman–Crippen MR) is 201 cm³/mol. The van der Waals surface area contributed by atoms with Crippen molar-refractivity contribution in [2.24, 2.45) is 0 Å². The number of likely N-dealkylation sites (N-methyl/N-ethyl adjacent to an activating group) is 1. The summed E-state index contributed by atoms with van der Waals surface area (Å²) in [4.78, 5) is 22.7. The average Bonchev–Trinajstić information content (AvgIpc) is 3.03. The first kappa shape index (κ1) is 46.5. The maximum Gasteiger partial charge on any atom is 0.472 e. The fourth-order valence-electron chi connectivity index (χ4n) is 4.72. The first-order valence-electron chi connectivity index (χ1n) is 18.9. The molecular weight excluding hydrogens is 625 g/mol. The molecule has 1 N–H and O–H groups in total. The molecule has 0 aliphatic heterocycles. The summed E-state index contributed by atoms with van der Waals surface area (Å²) in [5.74, 6) is -0.329. The minimum Gasteiger partial charge on any atom is -0.457 e. The molecule has 0 aromatic heterocycles. The molecule has 9 heteroatoms. The number of carbonyl (C=O) groups excluding carboxylic acids is 1. The van der Waals surface area contributed by atoms with Gasteiger partial charge in [-0.25, -0.2) is 4.57 Å². The van der Waals surface area contributed by atoms with Crippen LogP contribution in [0.15, 0.2) is 48.6 Å². The van der Waals surface area contributed by atoms with E-state index in [2.05, 4.69) is 62.5 Å². The summed E-state index contributed by atoms with van der Waals surface area (Å²) in [6.45, 7) is 5.41. The maximum absolute atomic E-state index is 12.5. The van der Waals surface area contributed by atoms with Crippen molar-refractivity contribution in [2.45, 2.75) is 142 Å². The van der Waals surface area contributed by atoms with E-state index in [1.165, 1.54) is 44.9 Å². The first-order chi connectivity index (χ1) is 23.1. The van der Waals surface area contributed by atoms with Crippen LogP contribution in [0.3, 0.4) is 0 Å². The van der Waals surface area contributed by atoms with Gasteiger partial charge in [0, 0.05) is 13.0 Å². The van der Waals surface area contributed by atoms with Gasteiger partial charge in [0.1, 0.15) is 19.3 Å². The van der Waals surface area contributed by atoms with Crippen molar-refractivity contribution in [2.75, 3.05) is 54.1 Å². The maximum atomic E-state index is 12.5. The van der Waals surface area contributed by atoms with Crippen LogP contribution in [-0.4, -0.2) is 75.6 Å². The third kappa shape index (κ3) is 35.8. The van der Waals surface area contributed by atoms with Crippen LogP contribution in [0.25, 0.3) is 0 Å². The average molecular weight is 699 g/mol. The van der Waals surface area contributed by atoms with Crippen molar-refractivity contribution >= 4 is 13.8 Å². The molecule has 2 unspecified atom stereocenters. The van der Waals surface area contributed by atoms with Crippen LogP contribution in [0.5, 0.6) is 0 Å². The summed E-state index contributed by atoms with van der Waals surface area (Å²) < 4.78 is 34.7. The molecule has 0 heterocycles. The fourth-order valence-corrected chi connectivity index (χ4v) is 5.46. The van der Waals surface area contributed by atoms with Crippen molar-refractivity contribution in [3.63, 3.8) is 0 Å². The van der Waals surface area contributed by atoms with Crippen molar-refractivity contribution in [1.82, 2.24) is 0 Å². The Morgan fingerprint density at radius 1 is 0.667 bits per heavy atom. The zero-order chi connectivity index (χ0) is 35.6. The largest absolute Gasteiger partial charge is 0.472 e. The van der Waals surface area contributed by atoms with Gasteiger partial charge in [-0.05, 0) is 51.4 Å². The Labute approximate surface area is 295 Å². The van der Waals surface area contributed by atoms with Gasteiger partial charge < -0.3 is 18.9 Å². The van der Waals surface area contributed by atoms with E-state index in [-0.39, 0.29) is 25.8 Å². The van der Waals surface area contributed by atoms with Crippen LogP contribution < -0.4 is 0 Å². The minimum atomic E-state index is -4.27. The molecule has 8 nitrogen and oxygen atoms in total. The Morgan fingerprint density at radius 2 is 1.21 bits per heavy atom. The summed E-state index contributed by atoms with van der Waals surface area (Å²) in [5, 5.41) is 0. The third-order valence-electron chi connectivity index (χ3n) is 7.65. The molecule has 48 heavy (non-hydrogen) atoms. The van der Waals surface area contributed by atoms with E-state index in [9.17, 15) is 14.3 Å². The van der Waals surface area contributed by atoms with E-state index in [0.717, 1.165) is 70.6 Å². The zero-order valence-corrected chi connectivity index (χ0v) is 32.4. The highest BCUT2D eigenvalue weighted by molar-refractivity contribution is 7.47. The lowest BCUT2D eigenvalue weighted by molar-refractivity contribution is -0.870. The molecule has 0 saturated heterocycles. The lowest BCUT2D eigenvalue weighted by Crippen LogP contribution is -2.37. The molecule has 0 saturated carbocycles. The zero-order valence-electron chi connectivity index (χ0n) is 31.5. The lowest BCUT2D eigenvalue weighted by atomic mass is 10.1. The highest BCUT2D eigenvalue weighted by atomic mass is 31.2. The van der Waals surface area contributed by atoms with Crippen molar-refractivity contribution in [1.29, 1.82) is 0 Å². The van der Waals surface area contributed by atoms with Gasteiger partial charge in [0.15, 0.2) is 0 Å². The third-order valence-corrected chi connectivity index (χ3v) is 8.64. The van der Waals surface area contributed by atoms with Crippen molar-refractivity contribution in [3.05, 3.63) is 48.6 Å². The van der Waals surface area contributed by atoms with E-state index >= 15 is 0 Å². The standard InChI is InChI=1S/C39H72NO7P/c1-6-8-10-12-14-16-17-18-19-20-21-22-23-24-25-27-29-31-34-44-36-38(37-46-48(42,43)45-35-33-40(3,4)5)47-39(41)32-30-28-26-15-13-11-9-7-2/h8,10,14,16,18-19,21-22,38H,6-7,9,11-13,15,17,20,23-37H2,1-5H3/p+1/b10-8-,16-14-,19-18-,22-21-. The smallest absolute Gasteiger partial charge is 0.457 e. The van der Waals surface area contributed by atoms with Gasteiger partial charge in [0.2, 0.25) is 0 Å². The van der Waals surface area contributed by atoms with E-state index in [4.69, 9.17) is 18.5 Å². The Balaban J connectivity index is 4.27. The van der Waals surface area contributed by atoms with Gasteiger partial charge in [-0.1, -0.05) is 127 Å². The molecule has 0 bridgehead atoms. The van der Waals surface area contributed by atoms with Gasteiger partial charge in [-0.3, -0.25) is 13.8 Å². The molecule has 0 fully saturated rings. The Kier molecular flexibility index (Phi) is 31.6. The number of phosphoric ester groups is 1. The minimum absolute atomic E-state index is 0.0835. The fraction of sp³-hybridized carbons (Fsp3) is 0.769. The van der Waals surface area contributed by atoms with E-state index < -0.39 is 13.9 Å². The number of allylic oxidation sites excluding steroid dienone is 8. The molecule has 280 valence electrons. The van der Waals surface area contributed by atoms with Gasteiger partial charge >= 0.3 is 13.8 Å². The number of nitrogens with zero attached hydrogens (tertiary/aromatic N) is 1. The molecule has 0 radical (unpaired) electrons. The summed E-state index contributed by atoms with van der Waals surface area (Å²) in [7, 11) is 1.65. The summed E-state index contributed by atoms with van der Waals surface area (Å²) in [6, 6.07) is 0. The Bertz CT molecular complexity index is 911. The second-order valence-electron chi connectivity index (χ2n) is 13.6. The molecule has 2 atom stereocenters. The highest BCUT2D eigenvalue weighted by Gasteiger charge is 2.26. The van der Waals surface area contributed by atoms with Gasteiger partial charge in [-0.15, -0.1) is 0 Å². The van der Waals surface area contributed by atoms with Crippen LogP contribution in [0.4, 0.5) is 0 Å². The molecule has 0 spiro atoms. The lowest BCUT2D eigenvalue weighted by Gasteiger charge is -2.24. The SMILES string of the molecule is CC/C=C\C/C=C\C/C=C\C/C=C\CCCCCCCOCC(COP(=O)(O)OCC[N+](C)(C)C)OC(=O)CCCCCCCCCC. The Hall–Kier alpha value is -1.54. The topological polar surface area (TPSA) is 91.3 Å². The summed E-state index contributed by atoms with van der Waals surface area (Å²) in [5.41, 5.74) is 0. The normalized spacial score (nSPS) is 14.5. The number of unbranched alkanes of at least 4 members (excludes halogenated alkanes) is 12. The summed E-state index contributed by atoms with van der Waals surface area (Å²) >= 11 is 0. The quantitative estimate of drug-likeness (QED) is 0.0235. The molecule has 0 aliphatic carbocycles. The molecule has 0 amide bonds. The highest BCUT2D eigenvalue weighted by Crippen LogP contribution is 2.43. The van der Waals surface area contributed by atoms with Gasteiger partial charge in [0.25, 0.3) is 0 Å². The first-order valence-corrected chi connectivity index (χ1v) is 20.4. The van der Waals surface area contributed by atoms with Gasteiger partial charge in [0.05, 0.1) is 34.4 Å². The van der Waals surface area contributed by atoms with E-state index in [0.29, 0.717) is 24.1 Å². The monoisotopic (exact) mass is 699 g/mol. The summed E-state index contributed by atoms with van der Waals surface area (Å²) in [6.07, 6.45) is 37.2. The van der Waals surface area contributed by atoms with Crippen LogP contribution in [0.2, 0.25) is 0 Å². The molecule has 0 aromatic carbocycles. The van der Waals surface area contributed by atoms with Crippen LogP contribution in [0, 0.1) is 0 Å². The number of ether oxygens (including phenoxy) is 2. The molecule has 0 aliphatic rings. The Morgan fingerprint density at radius 3 is 1.81 bits per heavy atom. The number of rotatable bonds is 34. The predicted octanol–water partition coefficient (Wildman–Crippen LogP) is 10.4. The second-order valence-corrected chi connectivity index (χ2v) is 15.0. The van der Waals surface area contributed by atoms with Crippen LogP contribution in [-0.2, 0) is 27.9 Å². The number of phosphoric acid groups is 1. The van der Waals surface area contributed by atoms with Crippen molar-refractivity contribution < 1.29 is 37.3 Å². The van der Waals surface area contributed by atoms with Gasteiger partial charge in [-0.2, -0.15) is 0 Å². The number of esters is 1. The second kappa shape index (κ2) is 32.7. The van der Waals surface area contributed by atoms with E-state index in [1.807, 2.05) is 21.1 Å². The number of hydrogen-bond acceptors (Lipinski definition) is 6. The van der Waals surface area contributed by atoms with Crippen LogP contribution >= 0.6 is 7.82 Å². The molecule has 0 rings (SSSR count). The molecule has 0 aromatic rings. The van der Waals surface area contributed by atoms with E-state index in [1.54, 1.807) is 0 Å².